The van der Waals surface area contributed by atoms with Crippen molar-refractivity contribution < 1.29 is 0 Å². The van der Waals surface area contributed by atoms with E-state index in [1.807, 2.05) is 0 Å². The van der Waals surface area contributed by atoms with Crippen LogP contribution in [0.4, 0.5) is 0 Å². The maximum Gasteiger partial charge on any atom is 0.0484 e. The van der Waals surface area contributed by atoms with Crippen molar-refractivity contribution in [2.45, 2.75) is 12.5 Å². The van der Waals surface area contributed by atoms with Crippen molar-refractivity contribution in [1.29, 1.82) is 0 Å². The van der Waals surface area contributed by atoms with Gasteiger partial charge in [-0.15, -0.1) is 0 Å². The fraction of sp³-hybridized carbons (Fsp3) is 0.500. The first-order valence-corrected chi connectivity index (χ1v) is 5.61. The standard InChI is InChI=1S/C12H19N3/c13-10-15-8-4-7-14-9-12(15)11-5-2-1-3-6-11/h1-3,5-6,12,14H,4,7-10,13H2. The highest BCUT2D eigenvalue weighted by Crippen LogP contribution is 2.20. The van der Waals surface area contributed by atoms with E-state index < -0.39 is 0 Å². The lowest BCUT2D eigenvalue weighted by Crippen LogP contribution is -2.36. The molecule has 0 spiro atoms. The molecule has 3 N–H and O–H groups in total. The Morgan fingerprint density at radius 3 is 2.87 bits per heavy atom. The van der Waals surface area contributed by atoms with Gasteiger partial charge in [-0.05, 0) is 18.5 Å². The van der Waals surface area contributed by atoms with Gasteiger partial charge < -0.3 is 11.1 Å². The van der Waals surface area contributed by atoms with Crippen LogP contribution in [-0.2, 0) is 0 Å². The lowest BCUT2D eigenvalue weighted by molar-refractivity contribution is 0.217. The molecule has 1 aromatic rings. The molecule has 0 amide bonds. The molecule has 1 aliphatic heterocycles. The second-order valence-electron chi connectivity index (χ2n) is 3.98. The number of nitrogens with two attached hydrogens (primary N) is 1. The molecule has 82 valence electrons. The third kappa shape index (κ3) is 2.56. The molecule has 1 saturated heterocycles. The molecule has 0 aliphatic carbocycles. The summed E-state index contributed by atoms with van der Waals surface area (Å²) in [5, 5.41) is 3.46. The van der Waals surface area contributed by atoms with Crippen molar-refractivity contribution >= 4 is 0 Å². The van der Waals surface area contributed by atoms with Gasteiger partial charge in [0.25, 0.3) is 0 Å². The summed E-state index contributed by atoms with van der Waals surface area (Å²) in [6, 6.07) is 11.0. The molecule has 3 heteroatoms. The van der Waals surface area contributed by atoms with E-state index in [0.717, 1.165) is 19.6 Å². The van der Waals surface area contributed by atoms with Gasteiger partial charge in [0, 0.05) is 25.8 Å². The Kier molecular flexibility index (Phi) is 3.72. The lowest BCUT2D eigenvalue weighted by atomic mass is 10.1. The first kappa shape index (κ1) is 10.6. The summed E-state index contributed by atoms with van der Waals surface area (Å²) in [6.07, 6.45) is 1.18. The van der Waals surface area contributed by atoms with Gasteiger partial charge in [0.05, 0.1) is 0 Å². The Hall–Kier alpha value is -0.900. The zero-order valence-corrected chi connectivity index (χ0v) is 9.02. The molecule has 15 heavy (non-hydrogen) atoms. The molecule has 0 aromatic heterocycles. The van der Waals surface area contributed by atoms with Gasteiger partial charge in [0.15, 0.2) is 0 Å². The van der Waals surface area contributed by atoms with Crippen LogP contribution in [0.2, 0.25) is 0 Å². The van der Waals surface area contributed by atoms with Gasteiger partial charge in [-0.1, -0.05) is 30.3 Å². The topological polar surface area (TPSA) is 41.3 Å². The minimum atomic E-state index is 0.429. The van der Waals surface area contributed by atoms with E-state index in [-0.39, 0.29) is 0 Å². The van der Waals surface area contributed by atoms with Crippen molar-refractivity contribution in [3.05, 3.63) is 35.9 Å². The monoisotopic (exact) mass is 205 g/mol. The Balaban J connectivity index is 2.16. The molecule has 1 heterocycles. The molecule has 0 bridgehead atoms. The Morgan fingerprint density at radius 1 is 1.33 bits per heavy atom. The van der Waals surface area contributed by atoms with Crippen LogP contribution in [0, 0.1) is 0 Å². The van der Waals surface area contributed by atoms with Crippen LogP contribution >= 0.6 is 0 Å². The van der Waals surface area contributed by atoms with Gasteiger partial charge in [0.2, 0.25) is 0 Å². The number of nitrogens with one attached hydrogen (secondary N) is 1. The molecule has 3 nitrogen and oxygen atoms in total. The van der Waals surface area contributed by atoms with E-state index in [1.165, 1.54) is 12.0 Å². The van der Waals surface area contributed by atoms with Gasteiger partial charge in [-0.25, -0.2) is 0 Å². The molecular formula is C12H19N3. The molecular weight excluding hydrogens is 186 g/mol. The predicted octanol–water partition coefficient (Wildman–Crippen LogP) is 0.939. The zero-order chi connectivity index (χ0) is 10.5. The molecule has 0 radical (unpaired) electrons. The van der Waals surface area contributed by atoms with Crippen LogP contribution in [-0.4, -0.2) is 31.2 Å². The SMILES string of the molecule is NCN1CCCNCC1c1ccccc1. The van der Waals surface area contributed by atoms with E-state index in [0.29, 0.717) is 12.7 Å². The number of hydrogen-bond acceptors (Lipinski definition) is 3. The highest BCUT2D eigenvalue weighted by molar-refractivity contribution is 5.19. The summed E-state index contributed by atoms with van der Waals surface area (Å²) in [5.74, 6) is 0. The number of benzene rings is 1. The van der Waals surface area contributed by atoms with Crippen LogP contribution in [0.15, 0.2) is 30.3 Å². The molecule has 1 atom stereocenters. The van der Waals surface area contributed by atoms with Crippen molar-refractivity contribution in [3.63, 3.8) is 0 Å². The fourth-order valence-electron chi connectivity index (χ4n) is 2.15. The summed E-state index contributed by atoms with van der Waals surface area (Å²) in [4.78, 5) is 2.34. The van der Waals surface area contributed by atoms with Crippen LogP contribution in [0.25, 0.3) is 0 Å². The van der Waals surface area contributed by atoms with Crippen molar-refractivity contribution in [3.8, 4) is 0 Å². The normalized spacial score (nSPS) is 23.7. The third-order valence-corrected chi connectivity index (χ3v) is 3.00. The van der Waals surface area contributed by atoms with Crippen LogP contribution in [0.5, 0.6) is 0 Å². The maximum absolute atomic E-state index is 5.80. The minimum absolute atomic E-state index is 0.429. The number of rotatable bonds is 2. The minimum Gasteiger partial charge on any atom is -0.318 e. The van der Waals surface area contributed by atoms with E-state index in [2.05, 4.69) is 40.5 Å². The number of nitrogens with zero attached hydrogens (tertiary/aromatic N) is 1. The summed E-state index contributed by atoms with van der Waals surface area (Å²) >= 11 is 0. The van der Waals surface area contributed by atoms with Gasteiger partial charge in [-0.2, -0.15) is 0 Å². The molecule has 1 unspecified atom stereocenters. The molecule has 1 aliphatic rings. The van der Waals surface area contributed by atoms with Crippen molar-refractivity contribution in [2.75, 3.05) is 26.3 Å². The fourth-order valence-corrected chi connectivity index (χ4v) is 2.15. The Bertz CT molecular complexity index is 286. The lowest BCUT2D eigenvalue weighted by Gasteiger charge is -2.28. The Labute approximate surface area is 91.3 Å². The van der Waals surface area contributed by atoms with E-state index in [9.17, 15) is 0 Å². The molecule has 2 rings (SSSR count). The second-order valence-corrected chi connectivity index (χ2v) is 3.98. The smallest absolute Gasteiger partial charge is 0.0484 e. The number of hydrogen-bond donors (Lipinski definition) is 2. The van der Waals surface area contributed by atoms with Gasteiger partial charge in [-0.3, -0.25) is 4.90 Å². The van der Waals surface area contributed by atoms with Gasteiger partial charge >= 0.3 is 0 Å². The largest absolute Gasteiger partial charge is 0.318 e. The highest BCUT2D eigenvalue weighted by atomic mass is 15.2. The highest BCUT2D eigenvalue weighted by Gasteiger charge is 2.20. The molecule has 1 fully saturated rings. The van der Waals surface area contributed by atoms with Gasteiger partial charge in [0.1, 0.15) is 0 Å². The van der Waals surface area contributed by atoms with Crippen LogP contribution in [0.1, 0.15) is 18.0 Å². The first-order chi connectivity index (χ1) is 7.42. The Morgan fingerprint density at radius 2 is 2.13 bits per heavy atom. The second kappa shape index (κ2) is 5.26. The van der Waals surface area contributed by atoms with E-state index in [4.69, 9.17) is 5.73 Å². The van der Waals surface area contributed by atoms with Crippen molar-refractivity contribution in [2.24, 2.45) is 5.73 Å². The van der Waals surface area contributed by atoms with E-state index >= 15 is 0 Å². The summed E-state index contributed by atoms with van der Waals surface area (Å²) in [6.45, 7) is 3.82. The average Bonchev–Trinajstić information content (AvgIpc) is 2.55. The third-order valence-electron chi connectivity index (χ3n) is 3.00. The first-order valence-electron chi connectivity index (χ1n) is 5.61. The average molecular weight is 205 g/mol. The maximum atomic E-state index is 5.80. The quantitative estimate of drug-likeness (QED) is 0.755. The van der Waals surface area contributed by atoms with Crippen molar-refractivity contribution in [1.82, 2.24) is 10.2 Å². The zero-order valence-electron chi connectivity index (χ0n) is 9.02. The summed E-state index contributed by atoms with van der Waals surface area (Å²) in [7, 11) is 0. The summed E-state index contributed by atoms with van der Waals surface area (Å²) < 4.78 is 0. The van der Waals surface area contributed by atoms with Crippen LogP contribution in [0.3, 0.4) is 0 Å². The molecule has 1 aromatic carbocycles. The predicted molar refractivity (Wildman–Crippen MR) is 62.4 cm³/mol. The van der Waals surface area contributed by atoms with Crippen LogP contribution < -0.4 is 11.1 Å². The summed E-state index contributed by atoms with van der Waals surface area (Å²) in [5.41, 5.74) is 7.16. The molecule has 0 saturated carbocycles. The van der Waals surface area contributed by atoms with E-state index in [1.54, 1.807) is 0 Å².